The third-order valence-corrected chi connectivity index (χ3v) is 4.48. The summed E-state index contributed by atoms with van der Waals surface area (Å²) in [4.78, 5) is 23.5. The van der Waals surface area contributed by atoms with Crippen molar-refractivity contribution in [2.45, 2.75) is 58.7 Å². The van der Waals surface area contributed by atoms with Gasteiger partial charge < -0.3 is 24.3 Å². The lowest BCUT2D eigenvalue weighted by atomic mass is 10.0. The quantitative estimate of drug-likeness (QED) is 0.276. The second-order valence-electron chi connectivity index (χ2n) is 8.59. The lowest BCUT2D eigenvalue weighted by molar-refractivity contribution is -0.154. The van der Waals surface area contributed by atoms with Gasteiger partial charge in [-0.25, -0.2) is 9.59 Å². The topological polar surface area (TPSA) is 107 Å². The van der Waals surface area contributed by atoms with E-state index in [9.17, 15) is 9.59 Å². The summed E-state index contributed by atoms with van der Waals surface area (Å²) in [5, 5.41) is 11.4. The van der Waals surface area contributed by atoms with Crippen molar-refractivity contribution in [2.24, 2.45) is 0 Å². The van der Waals surface area contributed by atoms with Crippen LogP contribution in [0.5, 0.6) is 5.75 Å². The highest BCUT2D eigenvalue weighted by Crippen LogP contribution is 2.20. The molecule has 1 aromatic rings. The Bertz CT molecular complexity index is 809. The Kier molecular flexibility index (Phi) is 10.7. The molecule has 0 fully saturated rings. The van der Waals surface area contributed by atoms with Crippen LogP contribution in [0, 0.1) is 11.3 Å². The first-order valence-corrected chi connectivity index (χ1v) is 10.5. The number of ether oxygens (including phenoxy) is 4. The predicted molar refractivity (Wildman–Crippen MR) is 120 cm³/mol. The van der Waals surface area contributed by atoms with Crippen molar-refractivity contribution in [3.8, 4) is 11.8 Å². The van der Waals surface area contributed by atoms with Crippen LogP contribution in [0.4, 0.5) is 4.79 Å². The molecule has 1 N–H and O–H groups in total. The molecule has 0 heterocycles. The number of hydrogen-bond acceptors (Lipinski definition) is 7. The first-order chi connectivity index (χ1) is 14.9. The third-order valence-electron chi connectivity index (χ3n) is 4.48. The van der Waals surface area contributed by atoms with Crippen molar-refractivity contribution >= 4 is 12.1 Å². The molecule has 1 rings (SSSR count). The number of rotatable bonds is 13. The minimum atomic E-state index is -0.664. The highest BCUT2D eigenvalue weighted by Gasteiger charge is 2.25. The summed E-state index contributed by atoms with van der Waals surface area (Å²) in [7, 11) is 0. The van der Waals surface area contributed by atoms with Gasteiger partial charge in [0.2, 0.25) is 0 Å². The van der Waals surface area contributed by atoms with Gasteiger partial charge in [0.25, 0.3) is 0 Å². The Morgan fingerprint density at radius 2 is 1.66 bits per heavy atom. The number of hydrogen-bond donors (Lipinski definition) is 1. The zero-order valence-corrected chi connectivity index (χ0v) is 19.7. The van der Waals surface area contributed by atoms with Gasteiger partial charge in [0.05, 0.1) is 37.0 Å². The maximum absolute atomic E-state index is 11.8. The first-order valence-electron chi connectivity index (χ1n) is 10.5. The van der Waals surface area contributed by atoms with Gasteiger partial charge in [-0.2, -0.15) is 5.26 Å². The number of benzene rings is 1. The fraction of sp³-hybridized carbons (Fsp3) is 0.542. The number of carbonyl (C=O) groups is 2. The van der Waals surface area contributed by atoms with E-state index in [0.29, 0.717) is 36.3 Å². The highest BCUT2D eigenvalue weighted by atomic mass is 16.6. The van der Waals surface area contributed by atoms with E-state index in [4.69, 9.17) is 24.2 Å². The zero-order valence-electron chi connectivity index (χ0n) is 19.7. The molecule has 1 aromatic carbocycles. The van der Waals surface area contributed by atoms with Gasteiger partial charge in [0, 0.05) is 18.4 Å². The standard InChI is InChI=1S/C24H34N2O6/c1-18(2)21(27)32-24(5,6)12-15-31-23(3,4)11-14-30-22(28)26-13-16-29-20-9-7-19(17-25)8-10-20/h7-10H,1,11-16H2,2-6H3,(H,26,28). The SMILES string of the molecule is C=C(C)C(=O)OC(C)(C)CCOC(C)(C)CCOC(=O)NCCOc1ccc(C#N)cc1. The number of amides is 1. The van der Waals surface area contributed by atoms with Crippen LogP contribution in [0.15, 0.2) is 36.4 Å². The predicted octanol–water partition coefficient (Wildman–Crippen LogP) is 4.14. The van der Waals surface area contributed by atoms with Crippen molar-refractivity contribution in [1.29, 1.82) is 5.26 Å². The summed E-state index contributed by atoms with van der Waals surface area (Å²) in [6, 6.07) is 8.76. The fourth-order valence-corrected chi connectivity index (χ4v) is 2.42. The van der Waals surface area contributed by atoms with Crippen molar-refractivity contribution in [3.05, 3.63) is 42.0 Å². The first kappa shape index (κ1) is 27.0. The second-order valence-corrected chi connectivity index (χ2v) is 8.59. The van der Waals surface area contributed by atoms with Crippen molar-refractivity contribution in [2.75, 3.05) is 26.4 Å². The van der Waals surface area contributed by atoms with Gasteiger partial charge in [-0.05, 0) is 58.9 Å². The fourth-order valence-electron chi connectivity index (χ4n) is 2.42. The molecular formula is C24H34N2O6. The van der Waals surface area contributed by atoms with Gasteiger partial charge in [0.15, 0.2) is 0 Å². The smallest absolute Gasteiger partial charge is 0.407 e. The Morgan fingerprint density at radius 3 is 2.25 bits per heavy atom. The molecule has 32 heavy (non-hydrogen) atoms. The van der Waals surface area contributed by atoms with Crippen LogP contribution in [0.2, 0.25) is 0 Å². The van der Waals surface area contributed by atoms with Gasteiger partial charge in [-0.15, -0.1) is 0 Å². The van der Waals surface area contributed by atoms with Gasteiger partial charge >= 0.3 is 12.1 Å². The molecule has 1 amide bonds. The van der Waals surface area contributed by atoms with Gasteiger partial charge in [-0.1, -0.05) is 6.58 Å². The van der Waals surface area contributed by atoms with Crippen LogP contribution in [0.3, 0.4) is 0 Å². The van der Waals surface area contributed by atoms with Crippen molar-refractivity contribution in [3.63, 3.8) is 0 Å². The van der Waals surface area contributed by atoms with Crippen LogP contribution < -0.4 is 10.1 Å². The Labute approximate surface area is 190 Å². The van der Waals surface area contributed by atoms with Crippen LogP contribution in [0.1, 0.15) is 53.0 Å². The highest BCUT2D eigenvalue weighted by molar-refractivity contribution is 5.87. The number of esters is 1. The van der Waals surface area contributed by atoms with E-state index in [1.807, 2.05) is 33.8 Å². The molecular weight excluding hydrogens is 412 g/mol. The summed E-state index contributed by atoms with van der Waals surface area (Å²) in [6.07, 6.45) is 0.501. The minimum absolute atomic E-state index is 0.198. The normalized spacial score (nSPS) is 11.2. The molecule has 0 atom stereocenters. The van der Waals surface area contributed by atoms with Crippen LogP contribution >= 0.6 is 0 Å². The van der Waals surface area contributed by atoms with E-state index in [1.54, 1.807) is 31.2 Å². The van der Waals surface area contributed by atoms with Gasteiger partial charge in [0.1, 0.15) is 18.0 Å². The molecule has 0 saturated carbocycles. The summed E-state index contributed by atoms with van der Waals surface area (Å²) >= 11 is 0. The molecule has 0 unspecified atom stereocenters. The van der Waals surface area contributed by atoms with Crippen LogP contribution in [-0.2, 0) is 19.0 Å². The molecule has 0 spiro atoms. The summed E-state index contributed by atoms with van der Waals surface area (Å²) in [5.74, 6) is 0.201. The average Bonchev–Trinajstić information content (AvgIpc) is 2.70. The number of nitrogens with zero attached hydrogens (tertiary/aromatic N) is 1. The number of alkyl carbamates (subject to hydrolysis) is 1. The maximum Gasteiger partial charge on any atom is 0.407 e. The van der Waals surface area contributed by atoms with E-state index in [-0.39, 0.29) is 19.8 Å². The monoisotopic (exact) mass is 446 g/mol. The van der Waals surface area contributed by atoms with E-state index < -0.39 is 23.3 Å². The lowest BCUT2D eigenvalue weighted by Crippen LogP contribution is -2.34. The summed E-state index contributed by atoms with van der Waals surface area (Å²) in [5.41, 5.74) is -0.258. The molecule has 0 aliphatic heterocycles. The molecule has 0 aliphatic carbocycles. The van der Waals surface area contributed by atoms with E-state index in [0.717, 1.165) is 0 Å². The van der Waals surface area contributed by atoms with E-state index in [2.05, 4.69) is 11.9 Å². The molecule has 8 nitrogen and oxygen atoms in total. The Morgan fingerprint density at radius 1 is 1.03 bits per heavy atom. The van der Waals surface area contributed by atoms with E-state index >= 15 is 0 Å². The van der Waals surface area contributed by atoms with Crippen molar-refractivity contribution < 1.29 is 28.5 Å². The minimum Gasteiger partial charge on any atom is -0.492 e. The zero-order chi connectivity index (χ0) is 24.2. The molecule has 176 valence electrons. The molecule has 0 saturated heterocycles. The largest absolute Gasteiger partial charge is 0.492 e. The third kappa shape index (κ3) is 11.4. The van der Waals surface area contributed by atoms with Gasteiger partial charge in [-0.3, -0.25) is 0 Å². The molecule has 0 aliphatic rings. The average molecular weight is 447 g/mol. The maximum atomic E-state index is 11.8. The van der Waals surface area contributed by atoms with Crippen LogP contribution in [0.25, 0.3) is 0 Å². The Hall–Kier alpha value is -3.05. The molecule has 0 aromatic heterocycles. The molecule has 0 radical (unpaired) electrons. The number of nitrogens with one attached hydrogen (secondary N) is 1. The summed E-state index contributed by atoms with van der Waals surface area (Å²) in [6.45, 7) is 13.8. The van der Waals surface area contributed by atoms with Crippen LogP contribution in [-0.4, -0.2) is 49.6 Å². The number of nitriles is 1. The Balaban J connectivity index is 2.19. The number of carbonyl (C=O) groups excluding carboxylic acids is 2. The lowest BCUT2D eigenvalue weighted by Gasteiger charge is -2.29. The van der Waals surface area contributed by atoms with Crippen molar-refractivity contribution in [1.82, 2.24) is 5.32 Å². The second kappa shape index (κ2) is 12.7. The summed E-state index contributed by atoms with van der Waals surface area (Å²) < 4.78 is 22.0. The molecule has 0 bridgehead atoms. The molecule has 8 heteroatoms. The van der Waals surface area contributed by atoms with E-state index in [1.165, 1.54) is 0 Å².